The van der Waals surface area contributed by atoms with Crippen molar-refractivity contribution < 1.29 is 13.2 Å². The van der Waals surface area contributed by atoms with E-state index in [0.717, 1.165) is 45.7 Å². The molecule has 1 amide bonds. The van der Waals surface area contributed by atoms with Crippen LogP contribution in [0.15, 0.2) is 30.3 Å². The molecule has 2 saturated heterocycles. The number of rotatable bonds is 9. The van der Waals surface area contributed by atoms with Crippen molar-refractivity contribution in [2.24, 2.45) is 0 Å². The lowest BCUT2D eigenvalue weighted by molar-refractivity contribution is -0.121. The number of hydrogen-bond acceptors (Lipinski definition) is 5. The van der Waals surface area contributed by atoms with Crippen molar-refractivity contribution in [2.75, 3.05) is 58.1 Å². The zero-order valence-corrected chi connectivity index (χ0v) is 17.4. The van der Waals surface area contributed by atoms with Gasteiger partial charge in [-0.15, -0.1) is 0 Å². The molecule has 0 saturated carbocycles. The summed E-state index contributed by atoms with van der Waals surface area (Å²) in [6, 6.07) is 10.6. The van der Waals surface area contributed by atoms with Gasteiger partial charge >= 0.3 is 0 Å². The van der Waals surface area contributed by atoms with Crippen molar-refractivity contribution in [1.29, 1.82) is 0 Å². The Balaban J connectivity index is 1.23. The summed E-state index contributed by atoms with van der Waals surface area (Å²) < 4.78 is 24.9. The summed E-state index contributed by atoms with van der Waals surface area (Å²) in [4.78, 5) is 16.9. The maximum Gasteiger partial charge on any atom is 0.221 e. The predicted octanol–water partition coefficient (Wildman–Crippen LogP) is 0.736. The van der Waals surface area contributed by atoms with Crippen molar-refractivity contribution in [3.05, 3.63) is 35.9 Å². The maximum absolute atomic E-state index is 11.9. The van der Waals surface area contributed by atoms with Crippen molar-refractivity contribution in [3.63, 3.8) is 0 Å². The SMILES string of the molecule is O=C(CCN1CCCS1(=O)=O)NCCCN1CCN(Cc2ccccc2)CC1. The van der Waals surface area contributed by atoms with Gasteiger partial charge in [-0.1, -0.05) is 30.3 Å². The number of sulfonamides is 1. The minimum Gasteiger partial charge on any atom is -0.356 e. The van der Waals surface area contributed by atoms with Gasteiger partial charge in [-0.3, -0.25) is 9.69 Å². The summed E-state index contributed by atoms with van der Waals surface area (Å²) in [5, 5.41) is 2.92. The topological polar surface area (TPSA) is 73.0 Å². The molecule has 1 aromatic carbocycles. The number of piperazine rings is 1. The van der Waals surface area contributed by atoms with E-state index in [1.165, 1.54) is 9.87 Å². The van der Waals surface area contributed by atoms with E-state index in [1.807, 2.05) is 0 Å². The van der Waals surface area contributed by atoms with E-state index in [2.05, 4.69) is 45.4 Å². The molecule has 1 aromatic rings. The average Bonchev–Trinajstić information content (AvgIpc) is 3.04. The van der Waals surface area contributed by atoms with Crippen LogP contribution in [-0.2, 0) is 21.4 Å². The molecule has 0 aromatic heterocycles. The molecule has 156 valence electrons. The van der Waals surface area contributed by atoms with Crippen LogP contribution >= 0.6 is 0 Å². The minimum atomic E-state index is -3.10. The molecule has 0 unspecified atom stereocenters. The molecule has 2 aliphatic heterocycles. The van der Waals surface area contributed by atoms with Crippen LogP contribution in [0.4, 0.5) is 0 Å². The monoisotopic (exact) mass is 408 g/mol. The van der Waals surface area contributed by atoms with E-state index in [9.17, 15) is 13.2 Å². The highest BCUT2D eigenvalue weighted by atomic mass is 32.2. The molecular formula is C20H32N4O3S. The lowest BCUT2D eigenvalue weighted by atomic mass is 10.2. The number of amides is 1. The highest BCUT2D eigenvalue weighted by Crippen LogP contribution is 2.13. The predicted molar refractivity (Wildman–Crippen MR) is 110 cm³/mol. The zero-order chi connectivity index (χ0) is 19.8. The Morgan fingerprint density at radius 1 is 0.964 bits per heavy atom. The van der Waals surface area contributed by atoms with Gasteiger partial charge in [0.15, 0.2) is 0 Å². The van der Waals surface area contributed by atoms with Crippen molar-refractivity contribution >= 4 is 15.9 Å². The number of nitrogens with zero attached hydrogens (tertiary/aromatic N) is 3. The van der Waals surface area contributed by atoms with Crippen molar-refractivity contribution in [1.82, 2.24) is 19.4 Å². The largest absolute Gasteiger partial charge is 0.356 e. The number of nitrogens with one attached hydrogen (secondary N) is 1. The molecule has 0 atom stereocenters. The summed E-state index contributed by atoms with van der Waals surface area (Å²) in [6.45, 7) is 7.77. The third-order valence-corrected chi connectivity index (χ3v) is 7.44. The van der Waals surface area contributed by atoms with Crippen LogP contribution in [0.5, 0.6) is 0 Å². The zero-order valence-electron chi connectivity index (χ0n) is 16.6. The quantitative estimate of drug-likeness (QED) is 0.610. The van der Waals surface area contributed by atoms with E-state index < -0.39 is 10.0 Å². The first-order valence-corrected chi connectivity index (χ1v) is 11.9. The normalized spacial score (nSPS) is 21.0. The van der Waals surface area contributed by atoms with Crippen LogP contribution in [0.3, 0.4) is 0 Å². The van der Waals surface area contributed by atoms with Gasteiger partial charge in [0.2, 0.25) is 15.9 Å². The second-order valence-corrected chi connectivity index (χ2v) is 9.71. The molecule has 2 heterocycles. The fraction of sp³-hybridized carbons (Fsp3) is 0.650. The first kappa shape index (κ1) is 21.2. The molecular weight excluding hydrogens is 376 g/mol. The van der Waals surface area contributed by atoms with Gasteiger partial charge in [0.25, 0.3) is 0 Å². The lowest BCUT2D eigenvalue weighted by Gasteiger charge is -2.34. The summed E-state index contributed by atoms with van der Waals surface area (Å²) in [5.74, 6) is 0.155. The first-order valence-electron chi connectivity index (χ1n) is 10.3. The molecule has 28 heavy (non-hydrogen) atoms. The lowest BCUT2D eigenvalue weighted by Crippen LogP contribution is -2.46. The average molecular weight is 409 g/mol. The van der Waals surface area contributed by atoms with Crippen molar-refractivity contribution in [3.8, 4) is 0 Å². The van der Waals surface area contributed by atoms with Gasteiger partial charge in [-0.25, -0.2) is 12.7 Å². The molecule has 3 rings (SSSR count). The van der Waals surface area contributed by atoms with E-state index in [1.54, 1.807) is 0 Å². The highest BCUT2D eigenvalue weighted by molar-refractivity contribution is 7.89. The Labute approximate surface area is 168 Å². The van der Waals surface area contributed by atoms with Crippen LogP contribution in [0, 0.1) is 0 Å². The van der Waals surface area contributed by atoms with Gasteiger partial charge in [0.05, 0.1) is 5.75 Å². The first-order chi connectivity index (χ1) is 13.5. The van der Waals surface area contributed by atoms with E-state index in [-0.39, 0.29) is 18.1 Å². The second-order valence-electron chi connectivity index (χ2n) is 7.63. The molecule has 1 N–H and O–H groups in total. The molecule has 8 heteroatoms. The molecule has 0 radical (unpaired) electrons. The fourth-order valence-corrected chi connectivity index (χ4v) is 5.33. The van der Waals surface area contributed by atoms with Crippen LogP contribution in [0.25, 0.3) is 0 Å². The molecule has 2 aliphatic rings. The minimum absolute atomic E-state index is 0.0604. The Kier molecular flexibility index (Phi) is 7.84. The molecule has 0 bridgehead atoms. The number of carbonyl (C=O) groups is 1. The third-order valence-electron chi connectivity index (χ3n) is 5.48. The van der Waals surface area contributed by atoms with Crippen LogP contribution < -0.4 is 5.32 Å². The smallest absolute Gasteiger partial charge is 0.221 e. The highest BCUT2D eigenvalue weighted by Gasteiger charge is 2.28. The standard InChI is InChI=1S/C20H32N4O3S/c25-20(8-12-24-11-5-17-28(24,26)27)21-9-4-10-22-13-15-23(16-14-22)18-19-6-2-1-3-7-19/h1-3,6-7H,4-5,8-18H2,(H,21,25). The second kappa shape index (κ2) is 10.3. The van der Waals surface area contributed by atoms with Crippen LogP contribution in [-0.4, -0.2) is 86.5 Å². The fourth-order valence-electron chi connectivity index (χ4n) is 3.80. The van der Waals surface area contributed by atoms with Crippen molar-refractivity contribution in [2.45, 2.75) is 25.8 Å². The van der Waals surface area contributed by atoms with Crippen LogP contribution in [0.2, 0.25) is 0 Å². The summed E-state index contributed by atoms with van der Waals surface area (Å²) in [5.41, 5.74) is 1.36. The Morgan fingerprint density at radius 2 is 1.68 bits per heavy atom. The van der Waals surface area contributed by atoms with Gasteiger partial charge in [0, 0.05) is 58.8 Å². The summed E-state index contributed by atoms with van der Waals surface area (Å²) >= 11 is 0. The summed E-state index contributed by atoms with van der Waals surface area (Å²) in [7, 11) is -3.10. The van der Waals surface area contributed by atoms with Gasteiger partial charge < -0.3 is 10.2 Å². The molecule has 0 aliphatic carbocycles. The molecule has 0 spiro atoms. The van der Waals surface area contributed by atoms with E-state index in [0.29, 0.717) is 26.1 Å². The Hall–Kier alpha value is -1.48. The summed E-state index contributed by atoms with van der Waals surface area (Å²) in [6.07, 6.45) is 1.84. The third kappa shape index (κ3) is 6.55. The number of carbonyl (C=O) groups excluding carboxylic acids is 1. The van der Waals surface area contributed by atoms with Gasteiger partial charge in [-0.2, -0.15) is 0 Å². The van der Waals surface area contributed by atoms with E-state index in [4.69, 9.17) is 0 Å². The molecule has 7 nitrogen and oxygen atoms in total. The van der Waals surface area contributed by atoms with Crippen LogP contribution in [0.1, 0.15) is 24.8 Å². The maximum atomic E-state index is 11.9. The Morgan fingerprint density at radius 3 is 2.36 bits per heavy atom. The molecule has 2 fully saturated rings. The number of hydrogen-bond donors (Lipinski definition) is 1. The van der Waals surface area contributed by atoms with Gasteiger partial charge in [-0.05, 0) is 24.9 Å². The number of benzene rings is 1. The van der Waals surface area contributed by atoms with Gasteiger partial charge in [0.1, 0.15) is 0 Å². The van der Waals surface area contributed by atoms with E-state index >= 15 is 0 Å². The Bertz CT molecular complexity index is 718.